The normalized spacial score (nSPS) is 12.9. The van der Waals surface area contributed by atoms with Gasteiger partial charge in [0.25, 0.3) is 10.0 Å². The van der Waals surface area contributed by atoms with E-state index in [0.717, 1.165) is 4.31 Å². The van der Waals surface area contributed by atoms with Crippen molar-refractivity contribution in [3.63, 3.8) is 0 Å². The van der Waals surface area contributed by atoms with Crippen LogP contribution >= 0.6 is 39.1 Å². The van der Waals surface area contributed by atoms with Crippen LogP contribution in [0.2, 0.25) is 10.0 Å². The first-order chi connectivity index (χ1) is 18.4. The van der Waals surface area contributed by atoms with Crippen molar-refractivity contribution in [3.8, 4) is 0 Å². The Hall–Kier alpha value is -2.59. The van der Waals surface area contributed by atoms with E-state index < -0.39 is 28.5 Å². The molecule has 3 rings (SSSR count). The molecular formula is C28H30BrCl2N3O4S. The molecule has 0 aliphatic rings. The Kier molecular flexibility index (Phi) is 10.8. The maximum absolute atomic E-state index is 13.9. The number of carbonyl (C=O) groups excluding carboxylic acids is 2. The monoisotopic (exact) mass is 653 g/mol. The molecular weight excluding hydrogens is 625 g/mol. The molecule has 1 N–H and O–H groups in total. The van der Waals surface area contributed by atoms with Crippen LogP contribution in [0.15, 0.2) is 82.2 Å². The highest BCUT2D eigenvalue weighted by molar-refractivity contribution is 9.10. The van der Waals surface area contributed by atoms with Gasteiger partial charge < -0.3 is 10.2 Å². The van der Waals surface area contributed by atoms with Crippen molar-refractivity contribution in [1.82, 2.24) is 10.2 Å². The van der Waals surface area contributed by atoms with E-state index in [1.165, 1.54) is 17.0 Å². The largest absolute Gasteiger partial charge is 0.352 e. The second kappa shape index (κ2) is 13.7. The van der Waals surface area contributed by atoms with Crippen molar-refractivity contribution in [2.24, 2.45) is 0 Å². The average Bonchev–Trinajstić information content (AvgIpc) is 2.92. The number of rotatable bonds is 11. The van der Waals surface area contributed by atoms with Gasteiger partial charge in [0, 0.05) is 17.1 Å². The lowest BCUT2D eigenvalue weighted by Gasteiger charge is -2.32. The van der Waals surface area contributed by atoms with E-state index in [0.29, 0.717) is 32.2 Å². The average molecular weight is 655 g/mol. The topological polar surface area (TPSA) is 86.8 Å². The van der Waals surface area contributed by atoms with Crippen molar-refractivity contribution in [3.05, 3.63) is 92.9 Å². The molecule has 0 saturated carbocycles. The Labute approximate surface area is 248 Å². The van der Waals surface area contributed by atoms with Gasteiger partial charge in [-0.3, -0.25) is 13.9 Å². The Morgan fingerprint density at radius 3 is 2.26 bits per heavy atom. The molecule has 0 aromatic heterocycles. The molecule has 3 aromatic carbocycles. The van der Waals surface area contributed by atoms with Gasteiger partial charge in [-0.15, -0.1) is 0 Å². The SMILES string of the molecule is CC[C@H](C)NC(=O)[C@H](C)N(Cc1ccc(Cl)c(Cl)c1)C(=O)CN(c1cccc(Br)c1)S(=O)(=O)c1ccccc1. The van der Waals surface area contributed by atoms with Gasteiger partial charge in [-0.05, 0) is 68.3 Å². The molecule has 0 aliphatic heterocycles. The number of carbonyl (C=O) groups is 2. The number of hydrogen-bond donors (Lipinski definition) is 1. The summed E-state index contributed by atoms with van der Waals surface area (Å²) in [5, 5.41) is 3.56. The van der Waals surface area contributed by atoms with Crippen molar-refractivity contribution >= 4 is 66.7 Å². The van der Waals surface area contributed by atoms with Gasteiger partial charge in [-0.25, -0.2) is 8.42 Å². The van der Waals surface area contributed by atoms with Crippen LogP contribution in [0, 0.1) is 0 Å². The predicted molar refractivity (Wildman–Crippen MR) is 159 cm³/mol. The summed E-state index contributed by atoms with van der Waals surface area (Å²) in [5.74, 6) is -0.912. The lowest BCUT2D eigenvalue weighted by Crippen LogP contribution is -2.52. The zero-order valence-corrected chi connectivity index (χ0v) is 25.7. The van der Waals surface area contributed by atoms with E-state index in [-0.39, 0.29) is 23.4 Å². The highest BCUT2D eigenvalue weighted by atomic mass is 79.9. The highest BCUT2D eigenvalue weighted by Crippen LogP contribution is 2.28. The van der Waals surface area contributed by atoms with Crippen LogP contribution in [-0.4, -0.2) is 43.8 Å². The number of halogens is 3. The molecule has 3 aromatic rings. The minimum Gasteiger partial charge on any atom is -0.352 e. The minimum atomic E-state index is -4.13. The second-order valence-electron chi connectivity index (χ2n) is 9.07. The molecule has 208 valence electrons. The molecule has 11 heteroatoms. The summed E-state index contributed by atoms with van der Waals surface area (Å²) in [7, 11) is -4.13. The number of amides is 2. The first-order valence-electron chi connectivity index (χ1n) is 12.3. The third-order valence-corrected chi connectivity index (χ3v) is 9.23. The van der Waals surface area contributed by atoms with Crippen LogP contribution in [-0.2, 0) is 26.2 Å². The van der Waals surface area contributed by atoms with Crippen molar-refractivity contribution in [2.75, 3.05) is 10.8 Å². The highest BCUT2D eigenvalue weighted by Gasteiger charge is 2.32. The summed E-state index contributed by atoms with van der Waals surface area (Å²) in [4.78, 5) is 28.4. The molecule has 0 aliphatic carbocycles. The maximum atomic E-state index is 13.9. The van der Waals surface area contributed by atoms with Crippen LogP contribution in [0.1, 0.15) is 32.8 Å². The summed E-state index contributed by atoms with van der Waals surface area (Å²) in [6, 6.07) is 18.5. The Balaban J connectivity index is 2.03. The molecule has 2 atom stereocenters. The standard InChI is InChI=1S/C28H30BrCl2N3O4S/c1-4-19(2)32-28(36)20(3)33(17-21-13-14-25(30)26(31)15-21)27(35)18-34(23-10-8-9-22(29)16-23)39(37,38)24-11-6-5-7-12-24/h5-16,19-20H,4,17-18H2,1-3H3,(H,32,36)/t19-,20-/m0/s1. The van der Waals surface area contributed by atoms with Gasteiger partial charge in [0.1, 0.15) is 12.6 Å². The lowest BCUT2D eigenvalue weighted by atomic mass is 10.1. The van der Waals surface area contributed by atoms with Gasteiger partial charge in [0.15, 0.2) is 0 Å². The first-order valence-corrected chi connectivity index (χ1v) is 15.3. The van der Waals surface area contributed by atoms with E-state index in [9.17, 15) is 18.0 Å². The smallest absolute Gasteiger partial charge is 0.264 e. The zero-order chi connectivity index (χ0) is 28.7. The van der Waals surface area contributed by atoms with Crippen LogP contribution < -0.4 is 9.62 Å². The molecule has 0 unspecified atom stereocenters. The number of hydrogen-bond acceptors (Lipinski definition) is 4. The number of nitrogens with one attached hydrogen (secondary N) is 1. The van der Waals surface area contributed by atoms with Crippen molar-refractivity contribution in [1.29, 1.82) is 0 Å². The lowest BCUT2D eigenvalue weighted by molar-refractivity contribution is -0.139. The molecule has 0 heterocycles. The molecule has 39 heavy (non-hydrogen) atoms. The second-order valence-corrected chi connectivity index (χ2v) is 12.7. The number of sulfonamides is 1. The summed E-state index contributed by atoms with van der Waals surface area (Å²) in [5.41, 5.74) is 0.939. The van der Waals surface area contributed by atoms with Crippen LogP contribution in [0.5, 0.6) is 0 Å². The van der Waals surface area contributed by atoms with Gasteiger partial charge in [-0.1, -0.05) is 76.4 Å². The molecule has 0 bridgehead atoms. The number of benzene rings is 3. The third kappa shape index (κ3) is 7.97. The molecule has 0 fully saturated rings. The van der Waals surface area contributed by atoms with Crippen LogP contribution in [0.3, 0.4) is 0 Å². The molecule has 0 radical (unpaired) electrons. The van der Waals surface area contributed by atoms with E-state index in [1.54, 1.807) is 67.6 Å². The van der Waals surface area contributed by atoms with E-state index in [2.05, 4.69) is 21.2 Å². The Morgan fingerprint density at radius 2 is 1.64 bits per heavy atom. The Bertz CT molecular complexity index is 1420. The van der Waals surface area contributed by atoms with Crippen LogP contribution in [0.25, 0.3) is 0 Å². The molecule has 0 saturated heterocycles. The third-order valence-electron chi connectivity index (χ3n) is 6.21. The van der Waals surface area contributed by atoms with E-state index >= 15 is 0 Å². The summed E-state index contributed by atoms with van der Waals surface area (Å²) < 4.78 is 29.2. The predicted octanol–water partition coefficient (Wildman–Crippen LogP) is 6.28. The summed E-state index contributed by atoms with van der Waals surface area (Å²) in [6.45, 7) is 4.91. The minimum absolute atomic E-state index is 0.0164. The van der Waals surface area contributed by atoms with Gasteiger partial charge >= 0.3 is 0 Å². The van der Waals surface area contributed by atoms with Gasteiger partial charge in [-0.2, -0.15) is 0 Å². The fourth-order valence-corrected chi connectivity index (χ4v) is 5.90. The Morgan fingerprint density at radius 1 is 0.949 bits per heavy atom. The summed E-state index contributed by atoms with van der Waals surface area (Å²) >= 11 is 15.7. The van der Waals surface area contributed by atoms with E-state index in [4.69, 9.17) is 23.2 Å². The summed E-state index contributed by atoms with van der Waals surface area (Å²) in [6.07, 6.45) is 0.713. The first kappa shape index (κ1) is 30.9. The quantitative estimate of drug-likeness (QED) is 0.264. The maximum Gasteiger partial charge on any atom is 0.264 e. The van der Waals surface area contributed by atoms with Gasteiger partial charge in [0.2, 0.25) is 11.8 Å². The van der Waals surface area contributed by atoms with E-state index in [1.807, 2.05) is 13.8 Å². The van der Waals surface area contributed by atoms with Crippen molar-refractivity contribution < 1.29 is 18.0 Å². The molecule has 2 amide bonds. The van der Waals surface area contributed by atoms with Crippen molar-refractivity contribution in [2.45, 2.75) is 50.7 Å². The number of anilines is 1. The fourth-order valence-electron chi connectivity index (χ4n) is 3.76. The number of nitrogens with zero attached hydrogens (tertiary/aromatic N) is 2. The zero-order valence-electron chi connectivity index (χ0n) is 21.8. The van der Waals surface area contributed by atoms with Gasteiger partial charge in [0.05, 0.1) is 20.6 Å². The fraction of sp³-hybridized carbons (Fsp3) is 0.286. The molecule has 7 nitrogen and oxygen atoms in total. The molecule has 0 spiro atoms. The van der Waals surface area contributed by atoms with Crippen LogP contribution in [0.4, 0.5) is 5.69 Å².